The third-order valence-corrected chi connectivity index (χ3v) is 1.75. The average molecular weight is 234 g/mol. The molecule has 1 saturated heterocycles. The number of hydrogen-bond donors (Lipinski definition) is 2. The van der Waals surface area contributed by atoms with Gasteiger partial charge in [0.25, 0.3) is 0 Å². The predicted molar refractivity (Wildman–Crippen MR) is 42.5 cm³/mol. The molecular weight excluding hydrogens is 229 g/mol. The van der Waals surface area contributed by atoms with Crippen molar-refractivity contribution in [3.05, 3.63) is 23.8 Å². The monoisotopic (exact) mass is 234 g/mol. The molecule has 0 aliphatic carbocycles. The maximum absolute atomic E-state index is 12.3. The summed E-state index contributed by atoms with van der Waals surface area (Å²) in [6.07, 6.45) is -5.38. The smallest absolute Gasteiger partial charge is 0.351 e. The molecule has 86 valence electrons. The number of carbonyl (C=O) groups excluding carboxylic acids is 1. The van der Waals surface area contributed by atoms with Gasteiger partial charge in [-0.1, -0.05) is 0 Å². The Balaban J connectivity index is 2.26. The Labute approximate surface area is 86.8 Å². The molecule has 6 nitrogen and oxygen atoms in total. The highest BCUT2D eigenvalue weighted by atomic mass is 19.4. The van der Waals surface area contributed by atoms with Crippen LogP contribution in [0.2, 0.25) is 0 Å². The molecule has 16 heavy (non-hydrogen) atoms. The van der Waals surface area contributed by atoms with Gasteiger partial charge in [0.15, 0.2) is 12.0 Å². The van der Waals surface area contributed by atoms with Gasteiger partial charge < -0.3 is 4.84 Å². The highest BCUT2D eigenvalue weighted by Gasteiger charge is 2.34. The van der Waals surface area contributed by atoms with Crippen molar-refractivity contribution in [2.45, 2.75) is 12.3 Å². The van der Waals surface area contributed by atoms with Gasteiger partial charge in [-0.2, -0.15) is 13.2 Å². The zero-order chi connectivity index (χ0) is 11.8. The zero-order valence-corrected chi connectivity index (χ0v) is 7.58. The van der Waals surface area contributed by atoms with Gasteiger partial charge in [0.1, 0.15) is 5.69 Å². The lowest BCUT2D eigenvalue weighted by Gasteiger charge is -2.09. The van der Waals surface area contributed by atoms with Crippen molar-refractivity contribution in [3.63, 3.8) is 0 Å². The summed E-state index contributed by atoms with van der Waals surface area (Å²) in [5.41, 5.74) is 1.07. The summed E-state index contributed by atoms with van der Waals surface area (Å²) in [6, 6.07) is 0.737. The molecular formula is C7H5F3N4O2. The minimum Gasteiger partial charge on any atom is -0.351 e. The maximum Gasteiger partial charge on any atom is 0.433 e. The van der Waals surface area contributed by atoms with Gasteiger partial charge in [-0.05, 0) is 6.07 Å². The van der Waals surface area contributed by atoms with Gasteiger partial charge in [0.05, 0.1) is 0 Å². The van der Waals surface area contributed by atoms with E-state index in [1.807, 2.05) is 0 Å². The minimum absolute atomic E-state index is 0.222. The third kappa shape index (κ3) is 2.03. The normalized spacial score (nSPS) is 20.4. The van der Waals surface area contributed by atoms with Crippen LogP contribution in [0.15, 0.2) is 12.3 Å². The predicted octanol–water partition coefficient (Wildman–Crippen LogP) is 0.738. The Bertz CT molecular complexity index is 422. The fourth-order valence-electron chi connectivity index (χ4n) is 1.08. The van der Waals surface area contributed by atoms with E-state index in [9.17, 15) is 18.0 Å². The molecule has 1 aliphatic heterocycles. The summed E-state index contributed by atoms with van der Waals surface area (Å²) in [6.45, 7) is 0. The summed E-state index contributed by atoms with van der Waals surface area (Å²) < 4.78 is 36.9. The van der Waals surface area contributed by atoms with Gasteiger partial charge in [0.2, 0.25) is 0 Å². The maximum atomic E-state index is 12.3. The highest BCUT2D eigenvalue weighted by Crippen LogP contribution is 2.27. The fraction of sp³-hybridized carbons (Fsp3) is 0.286. The number of hydroxylamine groups is 1. The van der Waals surface area contributed by atoms with Crippen molar-refractivity contribution in [3.8, 4) is 0 Å². The Morgan fingerprint density at radius 3 is 2.75 bits per heavy atom. The van der Waals surface area contributed by atoms with Crippen LogP contribution in [0, 0.1) is 0 Å². The van der Waals surface area contributed by atoms with E-state index in [1.54, 1.807) is 0 Å². The lowest BCUT2D eigenvalue weighted by atomic mass is 10.3. The molecule has 0 aromatic carbocycles. The number of halogens is 3. The summed E-state index contributed by atoms with van der Waals surface area (Å²) in [7, 11) is 0. The number of hydrogen-bond acceptors (Lipinski definition) is 5. The number of nitrogens with zero attached hydrogens (tertiary/aromatic N) is 2. The molecule has 1 unspecified atom stereocenters. The van der Waals surface area contributed by atoms with E-state index in [2.05, 4.69) is 25.6 Å². The first-order valence-electron chi connectivity index (χ1n) is 4.10. The van der Waals surface area contributed by atoms with Crippen LogP contribution in [0.1, 0.15) is 17.7 Å². The van der Waals surface area contributed by atoms with Crippen LogP contribution in [0.4, 0.5) is 18.0 Å². The summed E-state index contributed by atoms with van der Waals surface area (Å²) in [5.74, 6) is -0.222. The Morgan fingerprint density at radius 1 is 1.44 bits per heavy atom. The minimum atomic E-state index is -4.55. The first-order chi connectivity index (χ1) is 7.47. The molecule has 1 fully saturated rings. The lowest BCUT2D eigenvalue weighted by molar-refractivity contribution is -0.141. The third-order valence-electron chi connectivity index (χ3n) is 1.75. The van der Waals surface area contributed by atoms with Gasteiger partial charge in [-0.25, -0.2) is 14.8 Å². The number of rotatable bonds is 1. The second-order valence-electron chi connectivity index (χ2n) is 2.88. The van der Waals surface area contributed by atoms with Gasteiger partial charge in [-0.3, -0.25) is 5.32 Å². The Morgan fingerprint density at radius 2 is 2.19 bits per heavy atom. The van der Waals surface area contributed by atoms with Crippen LogP contribution in [-0.4, -0.2) is 16.1 Å². The topological polar surface area (TPSA) is 76.1 Å². The van der Waals surface area contributed by atoms with Gasteiger partial charge >= 0.3 is 12.3 Å². The first-order valence-corrected chi connectivity index (χ1v) is 4.10. The van der Waals surface area contributed by atoms with E-state index in [4.69, 9.17) is 0 Å². The van der Waals surface area contributed by atoms with Crippen LogP contribution in [0.3, 0.4) is 0 Å². The van der Waals surface area contributed by atoms with E-state index >= 15 is 0 Å². The molecule has 2 N–H and O–H groups in total. The molecule has 9 heteroatoms. The zero-order valence-electron chi connectivity index (χ0n) is 7.58. The van der Waals surface area contributed by atoms with E-state index in [0.29, 0.717) is 0 Å². The molecule has 0 radical (unpaired) electrons. The van der Waals surface area contributed by atoms with Crippen LogP contribution >= 0.6 is 0 Å². The molecule has 1 atom stereocenters. The first kappa shape index (κ1) is 10.6. The average Bonchev–Trinajstić information content (AvgIpc) is 2.64. The summed E-state index contributed by atoms with van der Waals surface area (Å²) in [4.78, 5) is 21.8. The van der Waals surface area contributed by atoms with Crippen molar-refractivity contribution >= 4 is 6.09 Å². The number of alkyl halides is 3. The number of aromatic nitrogens is 2. The van der Waals surface area contributed by atoms with E-state index in [1.165, 1.54) is 0 Å². The molecule has 1 aromatic heterocycles. The number of carbonyl (C=O) groups is 1. The van der Waals surface area contributed by atoms with Crippen LogP contribution in [0.5, 0.6) is 0 Å². The highest BCUT2D eigenvalue weighted by molar-refractivity contribution is 5.68. The molecule has 2 rings (SSSR count). The van der Waals surface area contributed by atoms with Crippen molar-refractivity contribution in [1.82, 2.24) is 20.8 Å². The van der Waals surface area contributed by atoms with Crippen LogP contribution < -0.4 is 10.8 Å². The number of nitrogens with one attached hydrogen (secondary N) is 2. The van der Waals surface area contributed by atoms with Crippen LogP contribution in [0.25, 0.3) is 0 Å². The molecule has 1 aliphatic rings. The molecule has 1 amide bonds. The van der Waals surface area contributed by atoms with Gasteiger partial charge in [-0.15, -0.1) is 5.48 Å². The Hall–Kier alpha value is -1.90. The van der Waals surface area contributed by atoms with Crippen molar-refractivity contribution in [1.29, 1.82) is 0 Å². The van der Waals surface area contributed by atoms with E-state index in [0.717, 1.165) is 12.3 Å². The second-order valence-corrected chi connectivity index (χ2v) is 2.88. The molecule has 1 aromatic rings. The molecule has 0 saturated carbocycles. The van der Waals surface area contributed by atoms with Gasteiger partial charge in [0, 0.05) is 6.20 Å². The SMILES string of the molecule is O=C1NC(c2nccc(C(F)(F)F)n2)NO1. The largest absolute Gasteiger partial charge is 0.433 e. The van der Waals surface area contributed by atoms with E-state index in [-0.39, 0.29) is 5.82 Å². The summed E-state index contributed by atoms with van der Waals surface area (Å²) >= 11 is 0. The fourth-order valence-corrected chi connectivity index (χ4v) is 1.08. The standard InChI is InChI=1S/C7H5F3N4O2/c8-7(9,10)3-1-2-11-4(12-3)5-13-6(15)16-14-5/h1-2,5,14H,(H,13,15). The lowest BCUT2D eigenvalue weighted by Crippen LogP contribution is -2.25. The number of amides is 1. The van der Waals surface area contributed by atoms with E-state index < -0.39 is 24.1 Å². The molecule has 0 spiro atoms. The van der Waals surface area contributed by atoms with Crippen LogP contribution in [-0.2, 0) is 11.0 Å². The second kappa shape index (κ2) is 3.59. The Kier molecular flexibility index (Phi) is 2.38. The van der Waals surface area contributed by atoms with Crippen molar-refractivity contribution in [2.24, 2.45) is 0 Å². The van der Waals surface area contributed by atoms with Crippen molar-refractivity contribution < 1.29 is 22.8 Å². The molecule has 2 heterocycles. The molecule has 0 bridgehead atoms. The van der Waals surface area contributed by atoms with Crippen molar-refractivity contribution in [2.75, 3.05) is 0 Å². The summed E-state index contributed by atoms with van der Waals surface area (Å²) in [5, 5.41) is 2.18. The quantitative estimate of drug-likeness (QED) is 0.749.